The van der Waals surface area contributed by atoms with Gasteiger partial charge in [-0.25, -0.2) is 4.68 Å². The molecular formula is C38H49N7O4. The SMILES string of the molecule is CCCCN(CCCC)C(=O)c1cc(C)n(-c2ccc(NC(=O)c3cc(C(C)C)nn3C)cc2C(=O)N2Cc3ccccc3C[C@H]2CO)n1. The third kappa shape index (κ3) is 7.77. The smallest absolute Gasteiger partial charge is 0.274 e. The lowest BCUT2D eigenvalue weighted by Crippen LogP contribution is -2.46. The van der Waals surface area contributed by atoms with E-state index in [0.29, 0.717) is 60.1 Å². The van der Waals surface area contributed by atoms with Crippen LogP contribution in [0.2, 0.25) is 0 Å². The fourth-order valence-electron chi connectivity index (χ4n) is 6.29. The van der Waals surface area contributed by atoms with Crippen LogP contribution >= 0.6 is 0 Å². The first-order valence-electron chi connectivity index (χ1n) is 17.4. The molecule has 0 radical (unpaired) electrons. The summed E-state index contributed by atoms with van der Waals surface area (Å²) in [5.41, 5.74) is 5.54. The molecule has 0 fully saturated rings. The quantitative estimate of drug-likeness (QED) is 0.183. The summed E-state index contributed by atoms with van der Waals surface area (Å²) in [6.07, 6.45) is 4.29. The number of nitrogens with zero attached hydrogens (tertiary/aromatic N) is 6. The number of aliphatic hydroxyl groups is 1. The highest BCUT2D eigenvalue weighted by Crippen LogP contribution is 2.29. The van der Waals surface area contributed by atoms with Crippen molar-refractivity contribution in [1.29, 1.82) is 0 Å². The molecule has 2 N–H and O–H groups in total. The van der Waals surface area contributed by atoms with Crippen LogP contribution in [0.25, 0.3) is 5.69 Å². The van der Waals surface area contributed by atoms with Crippen molar-refractivity contribution in [2.45, 2.75) is 85.2 Å². The van der Waals surface area contributed by atoms with Crippen LogP contribution in [0.15, 0.2) is 54.6 Å². The first kappa shape index (κ1) is 35.5. The van der Waals surface area contributed by atoms with Crippen LogP contribution in [-0.4, -0.2) is 77.9 Å². The van der Waals surface area contributed by atoms with Gasteiger partial charge in [-0.1, -0.05) is 64.8 Å². The number of hydrogen-bond acceptors (Lipinski definition) is 6. The summed E-state index contributed by atoms with van der Waals surface area (Å²) < 4.78 is 3.18. The first-order valence-corrected chi connectivity index (χ1v) is 17.4. The van der Waals surface area contributed by atoms with Gasteiger partial charge >= 0.3 is 0 Å². The van der Waals surface area contributed by atoms with Crippen molar-refractivity contribution in [3.8, 4) is 5.69 Å². The summed E-state index contributed by atoms with van der Waals surface area (Å²) >= 11 is 0. The van der Waals surface area contributed by atoms with Gasteiger partial charge < -0.3 is 20.2 Å². The maximum absolute atomic E-state index is 14.6. The molecule has 0 aliphatic carbocycles. The van der Waals surface area contributed by atoms with Crippen molar-refractivity contribution in [3.63, 3.8) is 0 Å². The molecule has 3 heterocycles. The van der Waals surface area contributed by atoms with Gasteiger partial charge in [0.05, 0.1) is 29.6 Å². The second-order valence-electron chi connectivity index (χ2n) is 13.2. The Morgan fingerprint density at radius 1 is 0.980 bits per heavy atom. The molecule has 0 unspecified atom stereocenters. The number of unbranched alkanes of at least 4 members (excludes halogenated alkanes) is 2. The summed E-state index contributed by atoms with van der Waals surface area (Å²) in [5, 5.41) is 22.6. The number of carbonyl (C=O) groups is 3. The molecule has 2 aromatic carbocycles. The Morgan fingerprint density at radius 3 is 2.31 bits per heavy atom. The van der Waals surface area contributed by atoms with Crippen LogP contribution < -0.4 is 5.32 Å². The van der Waals surface area contributed by atoms with Gasteiger partial charge in [0.2, 0.25) is 0 Å². The van der Waals surface area contributed by atoms with Gasteiger partial charge in [-0.15, -0.1) is 0 Å². The molecule has 49 heavy (non-hydrogen) atoms. The van der Waals surface area contributed by atoms with Crippen molar-refractivity contribution in [2.75, 3.05) is 25.0 Å². The maximum atomic E-state index is 14.6. The second-order valence-corrected chi connectivity index (χ2v) is 13.2. The average molecular weight is 668 g/mol. The van der Waals surface area contributed by atoms with E-state index in [-0.39, 0.29) is 30.2 Å². The number of benzene rings is 2. The topological polar surface area (TPSA) is 126 Å². The van der Waals surface area contributed by atoms with Crippen molar-refractivity contribution in [3.05, 3.63) is 94.1 Å². The summed E-state index contributed by atoms with van der Waals surface area (Å²) in [5.74, 6) is -0.636. The third-order valence-electron chi connectivity index (χ3n) is 9.22. The predicted molar refractivity (Wildman–Crippen MR) is 190 cm³/mol. The molecule has 4 aromatic rings. The number of aromatic nitrogens is 4. The van der Waals surface area contributed by atoms with Gasteiger partial charge in [-0.3, -0.25) is 19.1 Å². The van der Waals surface area contributed by atoms with E-state index in [1.54, 1.807) is 51.6 Å². The lowest BCUT2D eigenvalue weighted by molar-refractivity contribution is 0.0544. The van der Waals surface area contributed by atoms with E-state index in [2.05, 4.69) is 24.3 Å². The van der Waals surface area contributed by atoms with E-state index >= 15 is 0 Å². The first-order chi connectivity index (χ1) is 23.6. The standard InChI is InChI=1S/C38H49N7O4/c1-7-9-17-43(18-10-8-2)38(49)33-19-26(5)45(41-33)34-16-15-29(39-36(47)35-22-32(25(3)4)40-42(35)6)21-31(34)37(48)44-23-28-14-12-11-13-27(28)20-30(44)24-46/h11-16,19,21-22,25,30,46H,7-10,17-18,20,23-24H2,1-6H3,(H,39,47)/t30-/m0/s1. The highest BCUT2D eigenvalue weighted by Gasteiger charge is 2.32. The number of fused-ring (bicyclic) bond motifs is 1. The van der Waals surface area contributed by atoms with Gasteiger partial charge in [0.1, 0.15) is 5.69 Å². The Balaban J connectivity index is 1.54. The number of amides is 3. The van der Waals surface area contributed by atoms with Crippen LogP contribution in [0, 0.1) is 6.92 Å². The van der Waals surface area contributed by atoms with Gasteiger partial charge in [0.25, 0.3) is 17.7 Å². The molecule has 1 aliphatic heterocycles. The van der Waals surface area contributed by atoms with E-state index in [0.717, 1.165) is 42.5 Å². The number of carbonyl (C=O) groups excluding carboxylic acids is 3. The predicted octanol–water partition coefficient (Wildman–Crippen LogP) is 5.89. The second kappa shape index (κ2) is 15.6. The van der Waals surface area contributed by atoms with E-state index in [4.69, 9.17) is 5.10 Å². The van der Waals surface area contributed by atoms with E-state index in [1.165, 1.54) is 0 Å². The normalized spacial score (nSPS) is 14.2. The largest absolute Gasteiger partial charge is 0.394 e. The van der Waals surface area contributed by atoms with Crippen LogP contribution in [0.4, 0.5) is 5.69 Å². The fraction of sp³-hybridized carbons (Fsp3) is 0.447. The monoisotopic (exact) mass is 667 g/mol. The van der Waals surface area contributed by atoms with Crippen molar-refractivity contribution in [2.24, 2.45) is 7.05 Å². The number of rotatable bonds is 13. The van der Waals surface area contributed by atoms with Gasteiger partial charge in [-0.2, -0.15) is 10.2 Å². The third-order valence-corrected chi connectivity index (χ3v) is 9.22. The lowest BCUT2D eigenvalue weighted by Gasteiger charge is -2.36. The summed E-state index contributed by atoms with van der Waals surface area (Å²) in [7, 11) is 1.73. The fourth-order valence-corrected chi connectivity index (χ4v) is 6.29. The highest BCUT2D eigenvalue weighted by molar-refractivity contribution is 6.05. The number of aryl methyl sites for hydroxylation is 2. The maximum Gasteiger partial charge on any atom is 0.274 e. The molecular weight excluding hydrogens is 618 g/mol. The molecule has 0 bridgehead atoms. The Kier molecular flexibility index (Phi) is 11.3. The molecule has 0 saturated heterocycles. The number of hydrogen-bond donors (Lipinski definition) is 2. The van der Waals surface area contributed by atoms with Crippen molar-refractivity contribution < 1.29 is 19.5 Å². The number of nitrogens with one attached hydrogen (secondary N) is 1. The van der Waals surface area contributed by atoms with E-state index in [1.807, 2.05) is 49.9 Å². The molecule has 3 amide bonds. The number of aliphatic hydroxyl groups excluding tert-OH is 1. The summed E-state index contributed by atoms with van der Waals surface area (Å²) in [6, 6.07) is 16.2. The van der Waals surface area contributed by atoms with Crippen LogP contribution in [0.5, 0.6) is 0 Å². The summed E-state index contributed by atoms with van der Waals surface area (Å²) in [4.78, 5) is 45.3. The zero-order chi connectivity index (χ0) is 35.2. The van der Waals surface area contributed by atoms with Gasteiger partial charge in [0.15, 0.2) is 5.69 Å². The molecule has 1 atom stereocenters. The Morgan fingerprint density at radius 2 is 1.67 bits per heavy atom. The summed E-state index contributed by atoms with van der Waals surface area (Å²) in [6.45, 7) is 11.6. The molecule has 260 valence electrons. The zero-order valence-corrected chi connectivity index (χ0v) is 29.6. The molecule has 11 nitrogen and oxygen atoms in total. The van der Waals surface area contributed by atoms with Crippen LogP contribution in [0.3, 0.4) is 0 Å². The van der Waals surface area contributed by atoms with Crippen LogP contribution in [0.1, 0.15) is 113 Å². The zero-order valence-electron chi connectivity index (χ0n) is 29.6. The highest BCUT2D eigenvalue weighted by atomic mass is 16.3. The van der Waals surface area contributed by atoms with Crippen molar-refractivity contribution in [1.82, 2.24) is 29.4 Å². The molecule has 0 spiro atoms. The Bertz CT molecular complexity index is 1800. The minimum absolute atomic E-state index is 0.134. The Labute approximate surface area is 288 Å². The van der Waals surface area contributed by atoms with Gasteiger partial charge in [-0.05, 0) is 73.6 Å². The minimum Gasteiger partial charge on any atom is -0.394 e. The van der Waals surface area contributed by atoms with Gasteiger partial charge in [0, 0.05) is 38.1 Å². The average Bonchev–Trinajstić information content (AvgIpc) is 3.69. The number of anilines is 1. The molecule has 11 heteroatoms. The van der Waals surface area contributed by atoms with E-state index < -0.39 is 6.04 Å². The molecule has 5 rings (SSSR count). The van der Waals surface area contributed by atoms with Crippen molar-refractivity contribution >= 4 is 23.4 Å². The van der Waals surface area contributed by atoms with Crippen LogP contribution in [-0.2, 0) is 20.0 Å². The minimum atomic E-state index is -0.432. The molecule has 1 aliphatic rings. The lowest BCUT2D eigenvalue weighted by atomic mass is 9.93. The molecule has 0 saturated carbocycles. The Hall–Kier alpha value is -4.77. The molecule has 2 aromatic heterocycles. The van der Waals surface area contributed by atoms with E-state index in [9.17, 15) is 19.5 Å².